The van der Waals surface area contributed by atoms with Crippen LogP contribution in [-0.4, -0.2) is 17.7 Å². The van der Waals surface area contributed by atoms with Crippen molar-refractivity contribution in [2.24, 2.45) is 5.73 Å². The van der Waals surface area contributed by atoms with Crippen molar-refractivity contribution in [1.29, 1.82) is 0 Å². The topological polar surface area (TPSA) is 38.0 Å². The van der Waals surface area contributed by atoms with Gasteiger partial charge in [-0.15, -0.1) is 0 Å². The molecule has 0 bridgehead atoms. The summed E-state index contributed by atoms with van der Waals surface area (Å²) in [6.45, 7) is -1.14. The summed E-state index contributed by atoms with van der Waals surface area (Å²) >= 11 is 10.5. The van der Waals surface area contributed by atoms with Crippen LogP contribution in [0.25, 0.3) is 0 Å². The Bertz CT molecular complexity index is 406. The Labute approximate surface area is 101 Å². The molecule has 0 fully saturated rings. The van der Waals surface area contributed by atoms with Gasteiger partial charge in [0, 0.05) is 5.56 Å². The predicted octanol–water partition coefficient (Wildman–Crippen LogP) is 2.95. The summed E-state index contributed by atoms with van der Waals surface area (Å²) in [6, 6.07) is 4.33. The zero-order valence-corrected chi connectivity index (χ0v) is 9.51. The average Bonchev–Trinajstić information content (AvgIpc) is 2.14. The van der Waals surface area contributed by atoms with E-state index in [1.165, 1.54) is 18.2 Å². The summed E-state index contributed by atoms with van der Waals surface area (Å²) < 4.78 is 35.8. The molecule has 1 aromatic rings. The van der Waals surface area contributed by atoms with Crippen LogP contribution in [0, 0.1) is 0 Å². The highest BCUT2D eigenvalue weighted by Crippen LogP contribution is 2.24. The normalized spacial score (nSPS) is 11.2. The number of alkyl halides is 3. The van der Waals surface area contributed by atoms with Crippen LogP contribution < -0.4 is 11.1 Å². The first-order valence-electron chi connectivity index (χ1n) is 4.19. The second-order valence-corrected chi connectivity index (χ2v) is 3.87. The fourth-order valence-electron chi connectivity index (χ4n) is 1.01. The maximum Gasteiger partial charge on any atom is 0.405 e. The fraction of sp³-hybridized carbons (Fsp3) is 0.222. The number of anilines is 1. The first kappa shape index (κ1) is 13.1. The number of benzene rings is 1. The zero-order valence-electron chi connectivity index (χ0n) is 7.94. The van der Waals surface area contributed by atoms with E-state index in [2.05, 4.69) is 5.32 Å². The second-order valence-electron chi connectivity index (χ2n) is 3.03. The Morgan fingerprint density at radius 2 is 2.06 bits per heavy atom. The molecular weight excluding hydrogens is 261 g/mol. The van der Waals surface area contributed by atoms with E-state index in [0.717, 1.165) is 0 Å². The van der Waals surface area contributed by atoms with Crippen molar-refractivity contribution in [3.05, 3.63) is 28.8 Å². The molecule has 0 unspecified atom stereocenters. The summed E-state index contributed by atoms with van der Waals surface area (Å²) in [5.74, 6) is 0. The summed E-state index contributed by atoms with van der Waals surface area (Å²) in [6.07, 6.45) is -4.29. The lowest BCUT2D eigenvalue weighted by molar-refractivity contribution is -0.115. The molecule has 1 rings (SSSR count). The third kappa shape index (κ3) is 3.86. The molecule has 0 amide bonds. The van der Waals surface area contributed by atoms with E-state index in [0.29, 0.717) is 5.56 Å². The number of thiocarbonyl (C=S) groups is 1. The van der Waals surface area contributed by atoms with Crippen LogP contribution in [0.3, 0.4) is 0 Å². The molecule has 0 saturated heterocycles. The van der Waals surface area contributed by atoms with E-state index >= 15 is 0 Å². The average molecular weight is 269 g/mol. The molecule has 0 atom stereocenters. The van der Waals surface area contributed by atoms with Gasteiger partial charge in [-0.25, -0.2) is 0 Å². The molecule has 0 saturated carbocycles. The molecule has 88 valence electrons. The smallest absolute Gasteiger partial charge is 0.389 e. The molecule has 7 heteroatoms. The quantitative estimate of drug-likeness (QED) is 0.828. The number of nitrogens with one attached hydrogen (secondary N) is 1. The van der Waals surface area contributed by atoms with Gasteiger partial charge in [-0.05, 0) is 18.2 Å². The van der Waals surface area contributed by atoms with Crippen LogP contribution in [0.2, 0.25) is 5.02 Å². The van der Waals surface area contributed by atoms with Crippen molar-refractivity contribution in [2.75, 3.05) is 11.9 Å². The van der Waals surface area contributed by atoms with Crippen LogP contribution >= 0.6 is 23.8 Å². The molecule has 16 heavy (non-hydrogen) atoms. The first-order valence-corrected chi connectivity index (χ1v) is 4.98. The van der Waals surface area contributed by atoms with Gasteiger partial charge in [0.1, 0.15) is 11.5 Å². The molecule has 3 N–H and O–H groups in total. The fourth-order valence-corrected chi connectivity index (χ4v) is 1.38. The standard InChI is InChI=1S/C9H8ClF3N2S/c10-6-3-5(8(14)16)1-2-7(6)15-4-9(11,12)13/h1-3,15H,4H2,(H2,14,16). The molecule has 0 heterocycles. The van der Waals surface area contributed by atoms with Gasteiger partial charge in [-0.1, -0.05) is 23.8 Å². The van der Waals surface area contributed by atoms with Gasteiger partial charge in [-0.2, -0.15) is 13.2 Å². The number of hydrogen-bond donors (Lipinski definition) is 2. The monoisotopic (exact) mass is 268 g/mol. The molecule has 0 aliphatic carbocycles. The predicted molar refractivity (Wildman–Crippen MR) is 61.9 cm³/mol. The molecule has 0 aromatic heterocycles. The van der Waals surface area contributed by atoms with E-state index in [9.17, 15) is 13.2 Å². The SMILES string of the molecule is NC(=S)c1ccc(NCC(F)(F)F)c(Cl)c1. The van der Waals surface area contributed by atoms with Crippen molar-refractivity contribution < 1.29 is 13.2 Å². The largest absolute Gasteiger partial charge is 0.405 e. The molecule has 1 aromatic carbocycles. The lowest BCUT2D eigenvalue weighted by atomic mass is 10.2. The van der Waals surface area contributed by atoms with Gasteiger partial charge in [0.2, 0.25) is 0 Å². The van der Waals surface area contributed by atoms with Crippen LogP contribution in [0.5, 0.6) is 0 Å². The van der Waals surface area contributed by atoms with Crippen LogP contribution in [0.4, 0.5) is 18.9 Å². The van der Waals surface area contributed by atoms with Gasteiger partial charge in [0.25, 0.3) is 0 Å². The maximum atomic E-state index is 11.9. The lowest BCUT2D eigenvalue weighted by Crippen LogP contribution is -2.21. The minimum absolute atomic E-state index is 0.143. The number of nitrogens with two attached hydrogens (primary N) is 1. The van der Waals surface area contributed by atoms with Gasteiger partial charge >= 0.3 is 6.18 Å². The van der Waals surface area contributed by atoms with Crippen molar-refractivity contribution in [2.45, 2.75) is 6.18 Å². The minimum Gasteiger partial charge on any atom is -0.389 e. The number of hydrogen-bond acceptors (Lipinski definition) is 2. The number of halogens is 4. The van der Waals surface area contributed by atoms with Crippen molar-refractivity contribution in [3.63, 3.8) is 0 Å². The Morgan fingerprint density at radius 3 is 2.50 bits per heavy atom. The van der Waals surface area contributed by atoms with Crippen LogP contribution in [0.15, 0.2) is 18.2 Å². The molecule has 0 radical (unpaired) electrons. The Hall–Kier alpha value is -1.01. The van der Waals surface area contributed by atoms with E-state index in [-0.39, 0.29) is 15.7 Å². The molecule has 2 nitrogen and oxygen atoms in total. The highest BCUT2D eigenvalue weighted by molar-refractivity contribution is 7.80. The zero-order chi connectivity index (χ0) is 12.3. The van der Waals surface area contributed by atoms with Gasteiger partial charge < -0.3 is 11.1 Å². The lowest BCUT2D eigenvalue weighted by Gasteiger charge is -2.11. The summed E-state index contributed by atoms with van der Waals surface area (Å²) in [4.78, 5) is 0.143. The third-order valence-corrected chi connectivity index (χ3v) is 2.28. The van der Waals surface area contributed by atoms with Gasteiger partial charge in [-0.3, -0.25) is 0 Å². The Balaban J connectivity index is 2.80. The summed E-state index contributed by atoms with van der Waals surface area (Å²) in [7, 11) is 0. The summed E-state index contributed by atoms with van der Waals surface area (Å²) in [5, 5.41) is 2.33. The summed E-state index contributed by atoms with van der Waals surface area (Å²) in [5.41, 5.74) is 6.05. The Kier molecular flexibility index (Phi) is 3.98. The highest BCUT2D eigenvalue weighted by Gasteiger charge is 2.26. The van der Waals surface area contributed by atoms with Crippen molar-refractivity contribution in [1.82, 2.24) is 0 Å². The third-order valence-electron chi connectivity index (χ3n) is 1.73. The molecule has 0 aliphatic heterocycles. The van der Waals surface area contributed by atoms with E-state index in [1.54, 1.807) is 0 Å². The minimum atomic E-state index is -4.29. The van der Waals surface area contributed by atoms with E-state index in [4.69, 9.17) is 29.6 Å². The van der Waals surface area contributed by atoms with E-state index < -0.39 is 12.7 Å². The van der Waals surface area contributed by atoms with Crippen molar-refractivity contribution >= 4 is 34.5 Å². The Morgan fingerprint density at radius 1 is 1.44 bits per heavy atom. The van der Waals surface area contributed by atoms with Crippen LogP contribution in [-0.2, 0) is 0 Å². The first-order chi connectivity index (χ1) is 7.29. The molecule has 0 spiro atoms. The van der Waals surface area contributed by atoms with Crippen molar-refractivity contribution in [3.8, 4) is 0 Å². The maximum absolute atomic E-state index is 11.9. The van der Waals surface area contributed by atoms with Crippen LogP contribution in [0.1, 0.15) is 5.56 Å². The molecule has 0 aliphatic rings. The highest BCUT2D eigenvalue weighted by atomic mass is 35.5. The van der Waals surface area contributed by atoms with Gasteiger partial charge in [0.15, 0.2) is 0 Å². The second kappa shape index (κ2) is 4.88. The van der Waals surface area contributed by atoms with E-state index in [1.807, 2.05) is 0 Å². The van der Waals surface area contributed by atoms with Gasteiger partial charge in [0.05, 0.1) is 10.7 Å². The molecular formula is C9H8ClF3N2S. The number of rotatable bonds is 3.